The lowest BCUT2D eigenvalue weighted by Gasteiger charge is -2.14. The van der Waals surface area contributed by atoms with Crippen molar-refractivity contribution < 1.29 is 9.53 Å². The Morgan fingerprint density at radius 3 is 2.58 bits per heavy atom. The molecule has 4 aromatic carbocycles. The van der Waals surface area contributed by atoms with Crippen molar-refractivity contribution in [3.8, 4) is 11.8 Å². The first-order valence-corrected chi connectivity index (χ1v) is 12.8. The van der Waals surface area contributed by atoms with Crippen LogP contribution in [0, 0.1) is 11.3 Å². The summed E-state index contributed by atoms with van der Waals surface area (Å²) in [6, 6.07) is 26.8. The highest BCUT2D eigenvalue weighted by Gasteiger charge is 2.14. The lowest BCUT2D eigenvalue weighted by Crippen LogP contribution is -2.26. The number of benzene rings is 4. The maximum absolute atomic E-state index is 13.0. The lowest BCUT2D eigenvalue weighted by molar-refractivity contribution is -0.117. The molecule has 188 valence electrons. The second-order valence-corrected chi connectivity index (χ2v) is 9.60. The van der Waals surface area contributed by atoms with Gasteiger partial charge in [0.05, 0.1) is 0 Å². The largest absolute Gasteiger partial charge is 0.488 e. The van der Waals surface area contributed by atoms with Crippen molar-refractivity contribution in [2.45, 2.75) is 13.0 Å². The Morgan fingerprint density at radius 2 is 1.76 bits per heavy atom. The van der Waals surface area contributed by atoms with Crippen molar-refractivity contribution >= 4 is 56.9 Å². The zero-order valence-electron chi connectivity index (χ0n) is 20.3. The van der Waals surface area contributed by atoms with Crippen LogP contribution in [0.2, 0.25) is 10.0 Å². The number of ether oxygens (including phenoxy) is 1. The fraction of sp³-hybridized carbons (Fsp3) is 0.0968. The molecule has 0 bridgehead atoms. The number of hydrogen-bond acceptors (Lipinski definition) is 3. The number of amides is 1. The molecule has 5 rings (SSSR count). The molecule has 5 aromatic rings. The van der Waals surface area contributed by atoms with Crippen molar-refractivity contribution in [3.63, 3.8) is 0 Å². The number of carbonyl (C=O) groups is 1. The standard InChI is InChI=1S/C31H23Cl2N3O2/c32-24-11-9-22(28(33)16-24)19-38-30-12-10-20-5-1-2-6-25(20)27(30)15-23(17-34)31(37)35-14-13-21-18-36-29-8-4-3-7-26(21)29/h1-12,15-16,18,36H,13-14,19H2,(H,35,37)/b23-15-. The summed E-state index contributed by atoms with van der Waals surface area (Å²) in [5.41, 5.74) is 3.57. The third kappa shape index (κ3) is 5.52. The molecular weight excluding hydrogens is 517 g/mol. The third-order valence-corrected chi connectivity index (χ3v) is 6.92. The number of rotatable bonds is 8. The summed E-state index contributed by atoms with van der Waals surface area (Å²) in [6.07, 6.45) is 4.17. The van der Waals surface area contributed by atoms with Gasteiger partial charge >= 0.3 is 0 Å². The van der Waals surface area contributed by atoms with Gasteiger partial charge in [0.25, 0.3) is 5.91 Å². The molecule has 0 fully saturated rings. The average Bonchev–Trinajstić information content (AvgIpc) is 3.34. The molecule has 0 saturated carbocycles. The number of nitrogens with zero attached hydrogens (tertiary/aromatic N) is 1. The van der Waals surface area contributed by atoms with Crippen LogP contribution in [0.15, 0.2) is 90.6 Å². The van der Waals surface area contributed by atoms with Crippen molar-refractivity contribution in [1.82, 2.24) is 10.3 Å². The normalized spacial score (nSPS) is 11.4. The van der Waals surface area contributed by atoms with Gasteiger partial charge in [-0.3, -0.25) is 4.79 Å². The van der Waals surface area contributed by atoms with E-state index in [2.05, 4.69) is 16.4 Å². The van der Waals surface area contributed by atoms with Gasteiger partial charge < -0.3 is 15.0 Å². The van der Waals surface area contributed by atoms with Gasteiger partial charge in [-0.15, -0.1) is 0 Å². The number of hydrogen-bond donors (Lipinski definition) is 2. The molecular formula is C31H23Cl2N3O2. The highest BCUT2D eigenvalue weighted by Crippen LogP contribution is 2.32. The monoisotopic (exact) mass is 539 g/mol. The van der Waals surface area contributed by atoms with Crippen LogP contribution in [0.4, 0.5) is 0 Å². The van der Waals surface area contributed by atoms with Gasteiger partial charge in [0.1, 0.15) is 24.0 Å². The fourth-order valence-corrected chi connectivity index (χ4v) is 4.84. The van der Waals surface area contributed by atoms with Crippen LogP contribution in [0.25, 0.3) is 27.8 Å². The minimum Gasteiger partial charge on any atom is -0.488 e. The quantitative estimate of drug-likeness (QED) is 0.158. The highest BCUT2D eigenvalue weighted by atomic mass is 35.5. The Hall–Kier alpha value is -4.24. The summed E-state index contributed by atoms with van der Waals surface area (Å²) in [5.74, 6) is 0.0982. The summed E-state index contributed by atoms with van der Waals surface area (Å²) in [4.78, 5) is 16.2. The van der Waals surface area contributed by atoms with E-state index in [0.717, 1.165) is 32.8 Å². The summed E-state index contributed by atoms with van der Waals surface area (Å²) in [7, 11) is 0. The van der Waals surface area contributed by atoms with E-state index < -0.39 is 5.91 Å². The summed E-state index contributed by atoms with van der Waals surface area (Å²) >= 11 is 12.3. The van der Waals surface area contributed by atoms with Crippen molar-refractivity contribution in [2.24, 2.45) is 0 Å². The molecule has 2 N–H and O–H groups in total. The molecule has 0 atom stereocenters. The first kappa shape index (κ1) is 25.4. The Balaban J connectivity index is 1.38. The van der Waals surface area contributed by atoms with Crippen LogP contribution >= 0.6 is 23.2 Å². The van der Waals surface area contributed by atoms with Gasteiger partial charge in [0.2, 0.25) is 0 Å². The van der Waals surface area contributed by atoms with Gasteiger partial charge in [-0.1, -0.05) is 77.8 Å². The summed E-state index contributed by atoms with van der Waals surface area (Å²) < 4.78 is 6.13. The van der Waals surface area contributed by atoms with Crippen molar-refractivity contribution in [1.29, 1.82) is 5.26 Å². The first-order chi connectivity index (χ1) is 18.5. The Morgan fingerprint density at radius 1 is 0.974 bits per heavy atom. The van der Waals surface area contributed by atoms with Crippen molar-refractivity contribution in [2.75, 3.05) is 6.54 Å². The lowest BCUT2D eigenvalue weighted by atomic mass is 10.0. The molecule has 0 radical (unpaired) electrons. The molecule has 0 saturated heterocycles. The first-order valence-electron chi connectivity index (χ1n) is 12.1. The molecule has 1 heterocycles. The number of para-hydroxylation sites is 1. The molecule has 0 aliphatic heterocycles. The van der Waals surface area contributed by atoms with Gasteiger partial charge in [-0.2, -0.15) is 5.26 Å². The average molecular weight is 540 g/mol. The molecule has 0 spiro atoms. The molecule has 38 heavy (non-hydrogen) atoms. The number of aromatic nitrogens is 1. The van der Waals surface area contributed by atoms with Crippen LogP contribution in [0.3, 0.4) is 0 Å². The molecule has 1 amide bonds. The molecule has 0 aliphatic rings. The van der Waals surface area contributed by atoms with E-state index in [1.807, 2.05) is 72.9 Å². The highest BCUT2D eigenvalue weighted by molar-refractivity contribution is 6.35. The minimum absolute atomic E-state index is 0.00495. The van der Waals surface area contributed by atoms with Crippen LogP contribution < -0.4 is 10.1 Å². The summed E-state index contributed by atoms with van der Waals surface area (Å²) in [5, 5.41) is 16.7. The van der Waals surface area contributed by atoms with Crippen molar-refractivity contribution in [3.05, 3.63) is 117 Å². The fourth-order valence-electron chi connectivity index (χ4n) is 4.38. The van der Waals surface area contributed by atoms with Crippen LogP contribution in [-0.2, 0) is 17.8 Å². The zero-order valence-corrected chi connectivity index (χ0v) is 21.8. The predicted molar refractivity (Wildman–Crippen MR) is 153 cm³/mol. The van der Waals surface area contributed by atoms with E-state index in [1.54, 1.807) is 18.2 Å². The number of fused-ring (bicyclic) bond motifs is 2. The van der Waals surface area contributed by atoms with Crippen LogP contribution in [0.5, 0.6) is 5.75 Å². The minimum atomic E-state index is -0.438. The van der Waals surface area contributed by atoms with E-state index in [-0.39, 0.29) is 12.2 Å². The number of carbonyl (C=O) groups excluding carboxylic acids is 1. The summed E-state index contributed by atoms with van der Waals surface area (Å²) in [6.45, 7) is 0.599. The Bertz CT molecular complexity index is 1720. The zero-order chi connectivity index (χ0) is 26.5. The van der Waals surface area contributed by atoms with Gasteiger partial charge in [-0.25, -0.2) is 0 Å². The van der Waals surface area contributed by atoms with Crippen LogP contribution in [0.1, 0.15) is 16.7 Å². The number of nitriles is 1. The van der Waals surface area contributed by atoms with Gasteiger partial charge in [0.15, 0.2) is 0 Å². The topological polar surface area (TPSA) is 77.9 Å². The Kier molecular flexibility index (Phi) is 7.65. The van der Waals surface area contributed by atoms with E-state index in [1.165, 1.54) is 0 Å². The van der Waals surface area contributed by atoms with E-state index in [9.17, 15) is 10.1 Å². The molecule has 5 nitrogen and oxygen atoms in total. The Labute approximate surface area is 230 Å². The van der Waals surface area contributed by atoms with E-state index in [0.29, 0.717) is 34.3 Å². The van der Waals surface area contributed by atoms with E-state index >= 15 is 0 Å². The van der Waals surface area contributed by atoms with Gasteiger partial charge in [-0.05, 0) is 53.1 Å². The van der Waals surface area contributed by atoms with Crippen LogP contribution in [-0.4, -0.2) is 17.4 Å². The number of aromatic amines is 1. The second kappa shape index (κ2) is 11.4. The molecule has 0 aliphatic carbocycles. The van der Waals surface area contributed by atoms with Gasteiger partial charge in [0, 0.05) is 44.8 Å². The number of halogens is 2. The molecule has 0 unspecified atom stereocenters. The predicted octanol–water partition coefficient (Wildman–Crippen LogP) is 7.47. The molecule has 7 heteroatoms. The number of nitrogens with one attached hydrogen (secondary N) is 2. The maximum atomic E-state index is 13.0. The maximum Gasteiger partial charge on any atom is 0.261 e. The number of H-pyrrole nitrogens is 1. The third-order valence-electron chi connectivity index (χ3n) is 6.34. The SMILES string of the molecule is N#C/C(=C/c1c(OCc2ccc(Cl)cc2Cl)ccc2ccccc12)C(=O)NCCc1c[nH]c2ccccc12. The molecule has 1 aromatic heterocycles. The second-order valence-electron chi connectivity index (χ2n) is 8.76. The smallest absolute Gasteiger partial charge is 0.261 e. The van der Waals surface area contributed by atoms with E-state index in [4.69, 9.17) is 27.9 Å².